The number of aliphatic hydroxyl groups is 1. The second kappa shape index (κ2) is 8.84. The van der Waals surface area contributed by atoms with Crippen LogP contribution in [0.1, 0.15) is 61.7 Å². The lowest BCUT2D eigenvalue weighted by atomic mass is 9.51. The largest absolute Gasteiger partial charge is 0.508 e. The van der Waals surface area contributed by atoms with Crippen molar-refractivity contribution in [1.29, 1.82) is 5.26 Å². The molecular weight excluding hydrogens is 426 g/mol. The van der Waals surface area contributed by atoms with Gasteiger partial charge in [0.25, 0.3) is 0 Å². The van der Waals surface area contributed by atoms with Crippen molar-refractivity contribution in [2.45, 2.75) is 68.5 Å². The SMILES string of the molecule is N#C[C@@H]1CCCN1C(=O)CNC12CC3CC(CC(O)(C3)C1)C2.O=C(O)c1cc(O)ccc1O. The Kier molecular flexibility index (Phi) is 6.25. The topological polar surface area (TPSA) is 154 Å². The van der Waals surface area contributed by atoms with E-state index in [1.54, 1.807) is 4.90 Å². The average molecular weight is 458 g/mol. The van der Waals surface area contributed by atoms with Crippen LogP contribution in [0.5, 0.6) is 11.5 Å². The predicted molar refractivity (Wildman–Crippen MR) is 117 cm³/mol. The van der Waals surface area contributed by atoms with E-state index >= 15 is 0 Å². The Bertz CT molecular complexity index is 959. The number of carboxylic acids is 1. The zero-order valence-electron chi connectivity index (χ0n) is 18.5. The molecule has 0 aromatic heterocycles. The minimum Gasteiger partial charge on any atom is -0.508 e. The first-order valence-electron chi connectivity index (χ1n) is 11.5. The molecule has 1 heterocycles. The first-order chi connectivity index (χ1) is 15.6. The zero-order chi connectivity index (χ0) is 23.8. The Morgan fingerprint density at radius 3 is 2.45 bits per heavy atom. The van der Waals surface area contributed by atoms with E-state index in [2.05, 4.69) is 11.4 Å². The van der Waals surface area contributed by atoms with Gasteiger partial charge in [0.05, 0.1) is 18.2 Å². The number of hydrogen-bond acceptors (Lipinski definition) is 7. The molecule has 2 unspecified atom stereocenters. The first kappa shape index (κ1) is 23.3. The number of amides is 1. The van der Waals surface area contributed by atoms with Gasteiger partial charge in [0.15, 0.2) is 0 Å². The van der Waals surface area contributed by atoms with Gasteiger partial charge in [-0.3, -0.25) is 4.79 Å². The van der Waals surface area contributed by atoms with Crippen LogP contribution in [0.4, 0.5) is 0 Å². The molecule has 5 aliphatic rings. The quantitative estimate of drug-likeness (QED) is 0.430. The average Bonchev–Trinajstić information content (AvgIpc) is 3.21. The molecule has 9 nitrogen and oxygen atoms in total. The van der Waals surface area contributed by atoms with Crippen molar-refractivity contribution in [2.75, 3.05) is 13.1 Å². The monoisotopic (exact) mass is 457 g/mol. The van der Waals surface area contributed by atoms with E-state index < -0.39 is 11.6 Å². The number of likely N-dealkylation sites (tertiary alicyclic amines) is 1. The number of phenolic OH excluding ortho intramolecular Hbond substituents is 1. The Morgan fingerprint density at radius 1 is 1.18 bits per heavy atom. The molecule has 0 spiro atoms. The van der Waals surface area contributed by atoms with Crippen LogP contribution in [0, 0.1) is 23.2 Å². The van der Waals surface area contributed by atoms with Crippen LogP contribution < -0.4 is 5.32 Å². The number of nitrogens with zero attached hydrogens (tertiary/aromatic N) is 2. The molecule has 6 rings (SSSR count). The number of carboxylic acid groups (broad SMARTS) is 1. The van der Waals surface area contributed by atoms with Gasteiger partial charge in [0.2, 0.25) is 5.91 Å². The summed E-state index contributed by atoms with van der Waals surface area (Å²) in [5.74, 6) is -0.513. The molecule has 4 bridgehead atoms. The molecule has 1 saturated heterocycles. The van der Waals surface area contributed by atoms with Crippen molar-refractivity contribution >= 4 is 11.9 Å². The van der Waals surface area contributed by atoms with Gasteiger partial charge in [-0.15, -0.1) is 0 Å². The lowest BCUT2D eigenvalue weighted by Crippen LogP contribution is -2.65. The molecule has 3 atom stereocenters. The van der Waals surface area contributed by atoms with Gasteiger partial charge in [0.1, 0.15) is 23.1 Å². The van der Waals surface area contributed by atoms with Gasteiger partial charge in [-0.05, 0) is 81.4 Å². The lowest BCUT2D eigenvalue weighted by Gasteiger charge is -2.60. The van der Waals surface area contributed by atoms with Crippen LogP contribution in [0.15, 0.2) is 18.2 Å². The van der Waals surface area contributed by atoms with Crippen LogP contribution >= 0.6 is 0 Å². The molecular formula is C24H31N3O6. The number of rotatable bonds is 4. The van der Waals surface area contributed by atoms with E-state index in [4.69, 9.17) is 20.6 Å². The van der Waals surface area contributed by atoms with Gasteiger partial charge in [-0.2, -0.15) is 5.26 Å². The normalized spacial score (nSPS) is 33.8. The summed E-state index contributed by atoms with van der Waals surface area (Å²) in [6, 6.07) is 5.31. The maximum atomic E-state index is 12.4. The molecule has 1 aliphatic heterocycles. The van der Waals surface area contributed by atoms with Crippen LogP contribution in [0.3, 0.4) is 0 Å². The van der Waals surface area contributed by atoms with E-state index in [0.29, 0.717) is 24.9 Å². The van der Waals surface area contributed by atoms with Gasteiger partial charge < -0.3 is 30.6 Å². The fourth-order valence-corrected chi connectivity index (χ4v) is 6.68. The number of carbonyl (C=O) groups excluding carboxylic acids is 1. The Morgan fingerprint density at radius 2 is 1.88 bits per heavy atom. The molecule has 4 saturated carbocycles. The number of benzene rings is 1. The zero-order valence-corrected chi connectivity index (χ0v) is 18.5. The maximum absolute atomic E-state index is 12.4. The summed E-state index contributed by atoms with van der Waals surface area (Å²) in [6.07, 6.45) is 7.87. The molecule has 5 N–H and O–H groups in total. The van der Waals surface area contributed by atoms with Crippen molar-refractivity contribution < 1.29 is 30.0 Å². The number of nitriles is 1. The molecule has 9 heteroatoms. The molecule has 0 radical (unpaired) electrons. The molecule has 1 aromatic rings. The van der Waals surface area contributed by atoms with Crippen LogP contribution in [0.2, 0.25) is 0 Å². The molecule has 4 aliphatic carbocycles. The highest BCUT2D eigenvalue weighted by molar-refractivity contribution is 5.91. The summed E-state index contributed by atoms with van der Waals surface area (Å²) in [6.45, 7) is 1.02. The minimum absolute atomic E-state index is 0.0453. The highest BCUT2D eigenvalue weighted by Crippen LogP contribution is 2.57. The molecule has 33 heavy (non-hydrogen) atoms. The van der Waals surface area contributed by atoms with E-state index in [0.717, 1.165) is 57.1 Å². The van der Waals surface area contributed by atoms with Crippen molar-refractivity contribution in [3.8, 4) is 17.6 Å². The second-order valence-electron chi connectivity index (χ2n) is 10.2. The summed E-state index contributed by atoms with van der Waals surface area (Å²) in [4.78, 5) is 24.5. The van der Waals surface area contributed by atoms with Gasteiger partial charge in [-0.1, -0.05) is 0 Å². The molecule has 178 valence electrons. The second-order valence-corrected chi connectivity index (χ2v) is 10.2. The highest BCUT2D eigenvalue weighted by atomic mass is 16.4. The number of aromatic hydroxyl groups is 2. The summed E-state index contributed by atoms with van der Waals surface area (Å²) < 4.78 is 0. The minimum atomic E-state index is -1.27. The number of aromatic carboxylic acids is 1. The van der Waals surface area contributed by atoms with Crippen LogP contribution in [0.25, 0.3) is 0 Å². The third kappa shape index (κ3) is 4.92. The van der Waals surface area contributed by atoms with E-state index in [1.165, 1.54) is 12.5 Å². The fourth-order valence-electron chi connectivity index (χ4n) is 6.68. The summed E-state index contributed by atoms with van der Waals surface area (Å²) in [7, 11) is 0. The molecule has 5 fully saturated rings. The smallest absolute Gasteiger partial charge is 0.339 e. The number of phenols is 2. The lowest BCUT2D eigenvalue weighted by molar-refractivity contribution is -0.147. The van der Waals surface area contributed by atoms with Crippen LogP contribution in [-0.2, 0) is 4.79 Å². The summed E-state index contributed by atoms with van der Waals surface area (Å²) in [5.41, 5.74) is -0.843. The standard InChI is InChI=1S/C17H25N3O2.C7H6O4/c18-9-14-2-1-3-20(14)15(21)10-19-16-5-12-4-13(6-16)8-17(22,7-12)11-16;8-4-1-2-6(9)5(3-4)7(10)11/h12-14,19,22H,1-8,10-11H2;1-3,8-9H,(H,10,11)/t12?,13?,14-,16?,17?;/m0./s1. The van der Waals surface area contributed by atoms with Crippen molar-refractivity contribution in [2.24, 2.45) is 11.8 Å². The number of carbonyl (C=O) groups is 2. The van der Waals surface area contributed by atoms with Crippen LogP contribution in [-0.4, -0.2) is 67.5 Å². The van der Waals surface area contributed by atoms with Crippen molar-refractivity contribution in [3.05, 3.63) is 23.8 Å². The van der Waals surface area contributed by atoms with Crippen molar-refractivity contribution in [3.63, 3.8) is 0 Å². The van der Waals surface area contributed by atoms with Gasteiger partial charge in [0, 0.05) is 12.1 Å². The van der Waals surface area contributed by atoms with Crippen molar-refractivity contribution in [1.82, 2.24) is 10.2 Å². The Balaban J connectivity index is 0.000000200. The summed E-state index contributed by atoms with van der Waals surface area (Å²) in [5, 5.41) is 49.5. The maximum Gasteiger partial charge on any atom is 0.339 e. The van der Waals surface area contributed by atoms with Gasteiger partial charge >= 0.3 is 5.97 Å². The number of hydrogen-bond donors (Lipinski definition) is 5. The highest BCUT2D eigenvalue weighted by Gasteiger charge is 2.57. The Hall–Kier alpha value is -2.83. The first-order valence-corrected chi connectivity index (χ1v) is 11.5. The number of nitrogens with one attached hydrogen (secondary N) is 1. The van der Waals surface area contributed by atoms with E-state index in [-0.39, 0.29) is 34.6 Å². The molecule has 1 aromatic carbocycles. The Labute approximate surface area is 192 Å². The third-order valence-corrected chi connectivity index (χ3v) is 7.58. The fraction of sp³-hybridized carbons (Fsp3) is 0.625. The predicted octanol–water partition coefficient (Wildman–Crippen LogP) is 1.97. The van der Waals surface area contributed by atoms with Gasteiger partial charge in [-0.25, -0.2) is 4.79 Å². The summed E-state index contributed by atoms with van der Waals surface area (Å²) >= 11 is 0. The van der Waals surface area contributed by atoms with E-state index in [9.17, 15) is 14.7 Å². The third-order valence-electron chi connectivity index (χ3n) is 7.58. The molecule has 1 amide bonds. The van der Waals surface area contributed by atoms with E-state index in [1.807, 2.05) is 0 Å².